The fraction of sp³-hybridized carbons (Fsp3) is 0.407. The quantitative estimate of drug-likeness (QED) is 0.468. The molecule has 1 aliphatic carbocycles. The van der Waals surface area contributed by atoms with Crippen molar-refractivity contribution in [2.45, 2.75) is 65.2 Å². The highest BCUT2D eigenvalue weighted by Crippen LogP contribution is 2.26. The molecule has 0 heterocycles. The van der Waals surface area contributed by atoms with Gasteiger partial charge in [0.25, 0.3) is 0 Å². The molecule has 0 amide bonds. The standard InChI is InChI=1S/C27H32/c1-3-5-7-23-14-18-26(19-15-23)27-20-16-25(17-21-27)13-12-24-10-8-22(6-4-2)9-11-24/h10,14-22H,3-9,11H2,1-2H3. The summed E-state index contributed by atoms with van der Waals surface area (Å²) in [5.74, 6) is 7.63. The Morgan fingerprint density at radius 3 is 2.15 bits per heavy atom. The second-order valence-corrected chi connectivity index (χ2v) is 7.79. The van der Waals surface area contributed by atoms with E-state index in [2.05, 4.69) is 80.3 Å². The topological polar surface area (TPSA) is 0 Å². The van der Waals surface area contributed by atoms with Crippen LogP contribution in [0, 0.1) is 17.8 Å². The van der Waals surface area contributed by atoms with Crippen LogP contribution >= 0.6 is 0 Å². The molecule has 0 radical (unpaired) electrons. The highest BCUT2D eigenvalue weighted by molar-refractivity contribution is 5.64. The highest BCUT2D eigenvalue weighted by Gasteiger charge is 2.12. The summed E-state index contributed by atoms with van der Waals surface area (Å²) in [5, 5.41) is 0. The first-order valence-electron chi connectivity index (χ1n) is 10.7. The molecule has 1 atom stereocenters. The van der Waals surface area contributed by atoms with E-state index < -0.39 is 0 Å². The smallest absolute Gasteiger partial charge is 0.0249 e. The van der Waals surface area contributed by atoms with Gasteiger partial charge in [0, 0.05) is 5.56 Å². The number of allylic oxidation sites excluding steroid dienone is 2. The Morgan fingerprint density at radius 2 is 1.56 bits per heavy atom. The predicted molar refractivity (Wildman–Crippen MR) is 118 cm³/mol. The zero-order valence-electron chi connectivity index (χ0n) is 16.9. The Labute approximate surface area is 165 Å². The van der Waals surface area contributed by atoms with E-state index in [-0.39, 0.29) is 0 Å². The molecule has 0 aliphatic heterocycles. The molecule has 3 rings (SSSR count). The third kappa shape index (κ3) is 5.86. The maximum Gasteiger partial charge on any atom is 0.0249 e. The lowest BCUT2D eigenvalue weighted by atomic mass is 9.87. The van der Waals surface area contributed by atoms with Gasteiger partial charge in [-0.15, -0.1) is 0 Å². The normalized spacial score (nSPS) is 16.4. The zero-order chi connectivity index (χ0) is 18.9. The van der Waals surface area contributed by atoms with E-state index in [0.717, 1.165) is 17.9 Å². The van der Waals surface area contributed by atoms with Gasteiger partial charge in [0.05, 0.1) is 0 Å². The van der Waals surface area contributed by atoms with E-state index in [0.29, 0.717) is 0 Å². The maximum atomic E-state index is 3.40. The van der Waals surface area contributed by atoms with Crippen molar-refractivity contribution in [2.24, 2.45) is 5.92 Å². The van der Waals surface area contributed by atoms with Crippen LogP contribution in [0.3, 0.4) is 0 Å². The van der Waals surface area contributed by atoms with Gasteiger partial charge in [-0.25, -0.2) is 0 Å². The van der Waals surface area contributed by atoms with Crippen LogP contribution in [0.1, 0.15) is 69.9 Å². The van der Waals surface area contributed by atoms with E-state index in [1.807, 2.05) is 0 Å². The molecule has 0 saturated heterocycles. The van der Waals surface area contributed by atoms with E-state index in [4.69, 9.17) is 0 Å². The zero-order valence-corrected chi connectivity index (χ0v) is 16.9. The van der Waals surface area contributed by atoms with Gasteiger partial charge in [-0.2, -0.15) is 0 Å². The minimum Gasteiger partial charge on any atom is -0.0726 e. The van der Waals surface area contributed by atoms with E-state index in [9.17, 15) is 0 Å². The van der Waals surface area contributed by atoms with Gasteiger partial charge in [-0.3, -0.25) is 0 Å². The van der Waals surface area contributed by atoms with Crippen molar-refractivity contribution in [1.82, 2.24) is 0 Å². The molecule has 0 N–H and O–H groups in total. The Bertz CT molecular complexity index is 794. The van der Waals surface area contributed by atoms with Gasteiger partial charge in [0.1, 0.15) is 0 Å². The lowest BCUT2D eigenvalue weighted by Gasteiger charge is -2.18. The molecule has 0 fully saturated rings. The molecule has 27 heavy (non-hydrogen) atoms. The maximum absolute atomic E-state index is 3.40. The third-order valence-electron chi connectivity index (χ3n) is 5.58. The van der Waals surface area contributed by atoms with Crippen LogP contribution < -0.4 is 0 Å². The molecule has 0 heteroatoms. The molecule has 140 valence electrons. The van der Waals surface area contributed by atoms with Crippen molar-refractivity contribution < 1.29 is 0 Å². The Morgan fingerprint density at radius 1 is 0.852 bits per heavy atom. The fourth-order valence-corrected chi connectivity index (χ4v) is 3.82. The van der Waals surface area contributed by atoms with Gasteiger partial charge < -0.3 is 0 Å². The Kier molecular flexibility index (Phi) is 7.35. The first kappa shape index (κ1) is 19.5. The minimum absolute atomic E-state index is 0.883. The van der Waals surface area contributed by atoms with Gasteiger partial charge >= 0.3 is 0 Å². The Balaban J connectivity index is 1.61. The predicted octanol–water partition coefficient (Wildman–Crippen LogP) is 7.57. The molecule has 0 nitrogen and oxygen atoms in total. The van der Waals surface area contributed by atoms with Crippen molar-refractivity contribution in [1.29, 1.82) is 0 Å². The SMILES string of the molecule is CCCCc1ccc(-c2ccc(C#CC3=CCC(CCC)CC3)cc2)cc1. The van der Waals surface area contributed by atoms with Gasteiger partial charge in [-0.1, -0.05) is 87.4 Å². The summed E-state index contributed by atoms with van der Waals surface area (Å²) in [6.07, 6.45) is 12.4. The summed E-state index contributed by atoms with van der Waals surface area (Å²) < 4.78 is 0. The number of hydrogen-bond acceptors (Lipinski definition) is 0. The van der Waals surface area contributed by atoms with Crippen molar-refractivity contribution in [3.63, 3.8) is 0 Å². The number of rotatable bonds is 6. The van der Waals surface area contributed by atoms with Crippen LogP contribution in [0.25, 0.3) is 11.1 Å². The van der Waals surface area contributed by atoms with Crippen LogP contribution in [-0.4, -0.2) is 0 Å². The average Bonchev–Trinajstić information content (AvgIpc) is 2.73. The summed E-state index contributed by atoms with van der Waals surface area (Å²) in [4.78, 5) is 0. The first-order valence-corrected chi connectivity index (χ1v) is 10.7. The van der Waals surface area contributed by atoms with E-state index in [1.165, 1.54) is 67.2 Å². The van der Waals surface area contributed by atoms with Crippen LogP contribution in [0.5, 0.6) is 0 Å². The fourth-order valence-electron chi connectivity index (χ4n) is 3.82. The van der Waals surface area contributed by atoms with E-state index in [1.54, 1.807) is 0 Å². The molecule has 2 aromatic carbocycles. The van der Waals surface area contributed by atoms with E-state index >= 15 is 0 Å². The molecule has 2 aromatic rings. The minimum atomic E-state index is 0.883. The number of unbranched alkanes of at least 4 members (excludes halogenated alkanes) is 1. The number of hydrogen-bond donors (Lipinski definition) is 0. The molecular weight excluding hydrogens is 324 g/mol. The molecule has 0 saturated carbocycles. The summed E-state index contributed by atoms with van der Waals surface area (Å²) in [7, 11) is 0. The lowest BCUT2D eigenvalue weighted by Crippen LogP contribution is -2.04. The number of benzene rings is 2. The monoisotopic (exact) mass is 356 g/mol. The van der Waals surface area contributed by atoms with Gasteiger partial charge in [0.2, 0.25) is 0 Å². The third-order valence-corrected chi connectivity index (χ3v) is 5.58. The summed E-state index contributed by atoms with van der Waals surface area (Å²) in [6.45, 7) is 4.52. The summed E-state index contributed by atoms with van der Waals surface area (Å²) in [6, 6.07) is 17.7. The second-order valence-electron chi connectivity index (χ2n) is 7.79. The van der Waals surface area contributed by atoms with Gasteiger partial charge in [0.15, 0.2) is 0 Å². The van der Waals surface area contributed by atoms with Crippen molar-refractivity contribution >= 4 is 0 Å². The largest absolute Gasteiger partial charge is 0.0726 e. The first-order chi connectivity index (χ1) is 13.3. The molecule has 1 aliphatic rings. The van der Waals surface area contributed by atoms with Crippen LogP contribution in [0.15, 0.2) is 60.2 Å². The lowest BCUT2D eigenvalue weighted by molar-refractivity contribution is 0.436. The molecule has 0 bridgehead atoms. The molecule has 0 aromatic heterocycles. The van der Waals surface area contributed by atoms with Crippen molar-refractivity contribution in [2.75, 3.05) is 0 Å². The number of aryl methyl sites for hydroxylation is 1. The average molecular weight is 357 g/mol. The summed E-state index contributed by atoms with van der Waals surface area (Å²) in [5.41, 5.74) is 6.42. The van der Waals surface area contributed by atoms with Gasteiger partial charge in [-0.05, 0) is 72.4 Å². The van der Waals surface area contributed by atoms with Crippen LogP contribution in [0.2, 0.25) is 0 Å². The van der Waals surface area contributed by atoms with Crippen molar-refractivity contribution in [3.8, 4) is 23.0 Å². The van der Waals surface area contributed by atoms with Crippen LogP contribution in [0.4, 0.5) is 0 Å². The highest BCUT2D eigenvalue weighted by atomic mass is 14.2. The Hall–Kier alpha value is -2.26. The summed E-state index contributed by atoms with van der Waals surface area (Å²) >= 11 is 0. The van der Waals surface area contributed by atoms with Crippen molar-refractivity contribution in [3.05, 3.63) is 71.3 Å². The second kappa shape index (κ2) is 10.2. The molecule has 1 unspecified atom stereocenters. The van der Waals surface area contributed by atoms with Crippen LogP contribution in [-0.2, 0) is 6.42 Å². The molecular formula is C27H32. The molecule has 0 spiro atoms.